The van der Waals surface area contributed by atoms with Gasteiger partial charge in [-0.3, -0.25) is 0 Å². The molecule has 0 spiro atoms. The van der Waals surface area contributed by atoms with Gasteiger partial charge >= 0.3 is 0 Å². The van der Waals surface area contributed by atoms with Crippen molar-refractivity contribution in [3.05, 3.63) is 40.5 Å². The van der Waals surface area contributed by atoms with Crippen LogP contribution >= 0.6 is 0 Å². The zero-order valence-corrected chi connectivity index (χ0v) is 21.8. The highest BCUT2D eigenvalue weighted by atomic mass is 32.2. The summed E-state index contributed by atoms with van der Waals surface area (Å²) in [7, 11) is -1.89. The van der Waals surface area contributed by atoms with E-state index in [0.29, 0.717) is 44.6 Å². The maximum absolute atomic E-state index is 13.6. The van der Waals surface area contributed by atoms with E-state index in [9.17, 15) is 18.6 Å². The van der Waals surface area contributed by atoms with Crippen molar-refractivity contribution in [3.63, 3.8) is 0 Å². The molecule has 0 aromatic heterocycles. The van der Waals surface area contributed by atoms with Crippen LogP contribution in [0.2, 0.25) is 0 Å². The number of nitrogens with zero attached hydrogens (tertiary/aromatic N) is 2. The van der Waals surface area contributed by atoms with E-state index in [-0.39, 0.29) is 22.0 Å². The number of unbranched alkanes of at least 4 members (excludes halogenated alkanes) is 2. The maximum Gasteiger partial charge on any atom is 0.247 e. The summed E-state index contributed by atoms with van der Waals surface area (Å²) >= 11 is 0. The average Bonchev–Trinajstić information content (AvgIpc) is 2.73. The number of hydrogen-bond donors (Lipinski definition) is 2. The Morgan fingerprint density at radius 3 is 2.33 bits per heavy atom. The van der Waals surface area contributed by atoms with Crippen LogP contribution in [0.4, 0.5) is 0 Å². The second kappa shape index (κ2) is 12.6. The molecule has 1 aliphatic heterocycles. The van der Waals surface area contributed by atoms with Gasteiger partial charge < -0.3 is 15.1 Å². The number of aryl methyl sites for hydroxylation is 1. The van der Waals surface area contributed by atoms with E-state index in [1.54, 1.807) is 6.07 Å². The molecule has 0 bridgehead atoms. The Morgan fingerprint density at radius 2 is 1.73 bits per heavy atom. The summed E-state index contributed by atoms with van der Waals surface area (Å²) in [6, 6.07) is 1.56. The Hall–Kier alpha value is -1.83. The SMILES string of the molecule is CCCCCc1cc(O)c(C/C=C(\C)CCC=C(C)C)c(O)c1S(=O)(=O)N1CCN(C)CC1. The predicted octanol–water partition coefficient (Wildman–Crippen LogP) is 5.00. The molecule has 33 heavy (non-hydrogen) atoms. The quantitative estimate of drug-likeness (QED) is 0.345. The number of piperazine rings is 1. The Bertz CT molecular complexity index is 955. The van der Waals surface area contributed by atoms with Gasteiger partial charge in [0, 0.05) is 31.7 Å². The fourth-order valence-corrected chi connectivity index (χ4v) is 5.85. The lowest BCUT2D eigenvalue weighted by Gasteiger charge is -2.32. The zero-order chi connectivity index (χ0) is 24.6. The number of hydrogen-bond acceptors (Lipinski definition) is 5. The summed E-state index contributed by atoms with van der Waals surface area (Å²) in [6.07, 6.45) is 9.54. The Kier molecular flexibility index (Phi) is 10.5. The number of allylic oxidation sites excluding steroid dienone is 4. The van der Waals surface area contributed by atoms with Crippen LogP contribution in [0.25, 0.3) is 0 Å². The number of aromatic hydroxyl groups is 2. The Balaban J connectivity index is 2.42. The molecule has 1 aliphatic rings. The Labute approximate surface area is 200 Å². The smallest absolute Gasteiger partial charge is 0.247 e. The molecule has 2 N–H and O–H groups in total. The van der Waals surface area contributed by atoms with Gasteiger partial charge in [-0.05, 0) is 71.6 Å². The third-order valence-electron chi connectivity index (χ3n) is 6.27. The second-order valence-corrected chi connectivity index (χ2v) is 11.3. The number of benzene rings is 1. The molecule has 6 nitrogen and oxygen atoms in total. The first kappa shape index (κ1) is 27.4. The first-order valence-electron chi connectivity index (χ1n) is 12.1. The molecule has 0 saturated carbocycles. The van der Waals surface area contributed by atoms with E-state index in [2.05, 4.69) is 31.7 Å². The molecule has 0 unspecified atom stereocenters. The highest BCUT2D eigenvalue weighted by Crippen LogP contribution is 2.39. The minimum absolute atomic E-state index is 0.0217. The third-order valence-corrected chi connectivity index (χ3v) is 8.28. The molecule has 1 saturated heterocycles. The van der Waals surface area contributed by atoms with E-state index in [0.717, 1.165) is 37.7 Å². The highest BCUT2D eigenvalue weighted by Gasteiger charge is 2.33. The standard InChI is InChI=1S/C26H42N2O4S/c1-6-7-8-12-22-19-24(29)23(14-13-21(4)11-9-10-20(2)3)25(30)26(22)33(31,32)28-17-15-27(5)16-18-28/h10,13,19,29-30H,6-9,11-12,14-18H2,1-5H3/b21-13+. The first-order chi connectivity index (χ1) is 15.6. The van der Waals surface area contributed by atoms with Gasteiger partial charge in [0.25, 0.3) is 0 Å². The normalized spacial score (nSPS) is 16.2. The second-order valence-electron chi connectivity index (χ2n) is 9.45. The van der Waals surface area contributed by atoms with Gasteiger partial charge in [-0.25, -0.2) is 8.42 Å². The molecular formula is C26H42N2O4S. The van der Waals surface area contributed by atoms with Crippen LogP contribution in [-0.2, 0) is 22.9 Å². The summed E-state index contributed by atoms with van der Waals surface area (Å²) < 4.78 is 28.7. The lowest BCUT2D eigenvalue weighted by molar-refractivity contribution is 0.222. The van der Waals surface area contributed by atoms with Crippen molar-refractivity contribution in [3.8, 4) is 11.5 Å². The van der Waals surface area contributed by atoms with E-state index in [1.807, 2.05) is 20.0 Å². The van der Waals surface area contributed by atoms with Crippen molar-refractivity contribution in [2.24, 2.45) is 0 Å². The van der Waals surface area contributed by atoms with Crippen LogP contribution in [0, 0.1) is 0 Å². The molecule has 0 amide bonds. The topological polar surface area (TPSA) is 81.1 Å². The van der Waals surface area contributed by atoms with Crippen LogP contribution in [-0.4, -0.2) is 61.1 Å². The fraction of sp³-hybridized carbons (Fsp3) is 0.615. The Morgan fingerprint density at radius 1 is 1.06 bits per heavy atom. The molecule has 1 heterocycles. The summed E-state index contributed by atoms with van der Waals surface area (Å²) in [6.45, 7) is 10.4. The number of sulfonamides is 1. The molecular weight excluding hydrogens is 436 g/mol. The van der Waals surface area contributed by atoms with Crippen molar-refractivity contribution in [1.29, 1.82) is 0 Å². The minimum Gasteiger partial charge on any atom is -0.508 e. The van der Waals surface area contributed by atoms with Gasteiger partial charge in [0.2, 0.25) is 10.0 Å². The summed E-state index contributed by atoms with van der Waals surface area (Å²) in [5, 5.41) is 21.9. The lowest BCUT2D eigenvalue weighted by Crippen LogP contribution is -2.47. The number of likely N-dealkylation sites (N-methyl/N-ethyl adjacent to an activating group) is 1. The van der Waals surface area contributed by atoms with Crippen LogP contribution in [0.1, 0.15) is 70.9 Å². The molecule has 0 aliphatic carbocycles. The molecule has 186 valence electrons. The molecule has 1 aromatic carbocycles. The lowest BCUT2D eigenvalue weighted by atomic mass is 10.00. The number of phenolic OH excluding ortho intramolecular Hbond substituents is 2. The summed E-state index contributed by atoms with van der Waals surface area (Å²) in [4.78, 5) is 2.07. The fourth-order valence-electron chi connectivity index (χ4n) is 4.09. The van der Waals surface area contributed by atoms with Gasteiger partial charge in [0.05, 0.1) is 0 Å². The van der Waals surface area contributed by atoms with Gasteiger partial charge in [0.15, 0.2) is 0 Å². The van der Waals surface area contributed by atoms with Crippen LogP contribution in [0.3, 0.4) is 0 Å². The van der Waals surface area contributed by atoms with Crippen molar-refractivity contribution >= 4 is 10.0 Å². The number of phenols is 2. The first-order valence-corrected chi connectivity index (χ1v) is 13.6. The molecule has 0 radical (unpaired) electrons. The zero-order valence-electron chi connectivity index (χ0n) is 21.0. The van der Waals surface area contributed by atoms with E-state index in [4.69, 9.17) is 0 Å². The minimum atomic E-state index is -3.87. The molecule has 7 heteroatoms. The van der Waals surface area contributed by atoms with Crippen molar-refractivity contribution < 1.29 is 18.6 Å². The van der Waals surface area contributed by atoms with E-state index in [1.165, 1.54) is 9.88 Å². The molecule has 2 rings (SSSR count). The maximum atomic E-state index is 13.6. The van der Waals surface area contributed by atoms with E-state index < -0.39 is 10.0 Å². The summed E-state index contributed by atoms with van der Waals surface area (Å²) in [5.74, 6) is -0.335. The third kappa shape index (κ3) is 7.59. The van der Waals surface area contributed by atoms with Crippen LogP contribution in [0.5, 0.6) is 11.5 Å². The van der Waals surface area contributed by atoms with Crippen LogP contribution < -0.4 is 0 Å². The van der Waals surface area contributed by atoms with Gasteiger partial charge in [-0.2, -0.15) is 4.31 Å². The monoisotopic (exact) mass is 478 g/mol. The van der Waals surface area contributed by atoms with Crippen molar-refractivity contribution in [2.45, 2.75) is 77.5 Å². The van der Waals surface area contributed by atoms with Gasteiger partial charge in [-0.1, -0.05) is 43.1 Å². The van der Waals surface area contributed by atoms with Gasteiger partial charge in [-0.15, -0.1) is 0 Å². The summed E-state index contributed by atoms with van der Waals surface area (Å²) in [5.41, 5.74) is 3.20. The average molecular weight is 479 g/mol. The predicted molar refractivity (Wildman–Crippen MR) is 135 cm³/mol. The van der Waals surface area contributed by atoms with Crippen molar-refractivity contribution in [1.82, 2.24) is 9.21 Å². The highest BCUT2D eigenvalue weighted by molar-refractivity contribution is 7.89. The van der Waals surface area contributed by atoms with E-state index >= 15 is 0 Å². The van der Waals surface area contributed by atoms with Crippen molar-refractivity contribution in [2.75, 3.05) is 33.2 Å². The molecule has 0 atom stereocenters. The largest absolute Gasteiger partial charge is 0.508 e. The molecule has 1 aromatic rings. The van der Waals surface area contributed by atoms with Crippen LogP contribution in [0.15, 0.2) is 34.3 Å². The molecule has 1 fully saturated rings. The van der Waals surface area contributed by atoms with Gasteiger partial charge in [0.1, 0.15) is 16.4 Å². The number of rotatable bonds is 11.